The lowest BCUT2D eigenvalue weighted by Crippen LogP contribution is -2.34. The summed E-state index contributed by atoms with van der Waals surface area (Å²) in [4.78, 5) is 26.2. The van der Waals surface area contributed by atoms with Crippen LogP contribution in [0.4, 0.5) is 10.5 Å². The molecule has 2 aromatic carbocycles. The Morgan fingerprint density at radius 2 is 2.04 bits per heavy atom. The average Bonchev–Trinajstić information content (AvgIpc) is 3.12. The monoisotopic (exact) mass is 390 g/mol. The molecule has 0 radical (unpaired) electrons. The second-order valence-electron chi connectivity index (χ2n) is 5.70. The van der Waals surface area contributed by atoms with Gasteiger partial charge in [-0.05, 0) is 48.9 Å². The molecule has 1 aliphatic rings. The summed E-state index contributed by atoms with van der Waals surface area (Å²) in [5.41, 5.74) is 2.09. The molecule has 26 heavy (non-hydrogen) atoms. The first-order chi connectivity index (χ1) is 12.6. The van der Waals surface area contributed by atoms with E-state index in [0.717, 1.165) is 11.3 Å². The molecule has 3 rings (SSSR count). The summed E-state index contributed by atoms with van der Waals surface area (Å²) in [5.74, 6) is 0.495. The molecule has 1 atom stereocenters. The van der Waals surface area contributed by atoms with Crippen LogP contribution in [0, 0.1) is 0 Å². The minimum atomic E-state index is -0.373. The highest BCUT2D eigenvalue weighted by molar-refractivity contribution is 7.99. The first-order valence-electron chi connectivity index (χ1n) is 8.30. The van der Waals surface area contributed by atoms with Crippen LogP contribution >= 0.6 is 23.4 Å². The Kier molecular flexibility index (Phi) is 6.06. The summed E-state index contributed by atoms with van der Waals surface area (Å²) in [5, 5.41) is 3.48. The van der Waals surface area contributed by atoms with Crippen molar-refractivity contribution in [3.8, 4) is 0 Å². The minimum absolute atomic E-state index is 0.0625. The molecule has 1 N–H and O–H groups in total. The first-order valence-corrected chi connectivity index (χ1v) is 9.73. The Bertz CT molecular complexity index is 798. The van der Waals surface area contributed by atoms with Gasteiger partial charge in [0.1, 0.15) is 5.37 Å². The molecule has 0 bridgehead atoms. The molecule has 1 fully saturated rings. The molecular formula is C19H19ClN2O3S. The fraction of sp³-hybridized carbons (Fsp3) is 0.263. The molecule has 1 aliphatic heterocycles. The molecule has 5 nitrogen and oxygen atoms in total. The summed E-state index contributed by atoms with van der Waals surface area (Å²) in [6, 6.07) is 14.1. The van der Waals surface area contributed by atoms with Crippen molar-refractivity contribution in [2.75, 3.05) is 24.2 Å². The Morgan fingerprint density at radius 1 is 1.27 bits per heavy atom. The van der Waals surface area contributed by atoms with E-state index in [9.17, 15) is 9.59 Å². The quantitative estimate of drug-likeness (QED) is 0.762. The number of nitrogens with zero attached hydrogens (tertiary/aromatic N) is 1. The van der Waals surface area contributed by atoms with Crippen LogP contribution in [0.3, 0.4) is 0 Å². The van der Waals surface area contributed by atoms with Gasteiger partial charge in [-0.1, -0.05) is 23.7 Å². The number of esters is 1. The second kappa shape index (κ2) is 8.47. The Balaban J connectivity index is 1.68. The van der Waals surface area contributed by atoms with Gasteiger partial charge in [0.05, 0.1) is 12.2 Å². The zero-order chi connectivity index (χ0) is 18.5. The van der Waals surface area contributed by atoms with E-state index >= 15 is 0 Å². The number of rotatable bonds is 4. The van der Waals surface area contributed by atoms with Gasteiger partial charge in [0.25, 0.3) is 0 Å². The Labute approximate surface area is 161 Å². The molecule has 2 aromatic rings. The van der Waals surface area contributed by atoms with Gasteiger partial charge < -0.3 is 15.0 Å². The molecule has 0 aromatic heterocycles. The van der Waals surface area contributed by atoms with Crippen LogP contribution in [0.5, 0.6) is 0 Å². The van der Waals surface area contributed by atoms with Crippen LogP contribution < -0.4 is 5.32 Å². The molecule has 1 saturated heterocycles. The number of benzene rings is 2. The van der Waals surface area contributed by atoms with Gasteiger partial charge in [-0.3, -0.25) is 0 Å². The SMILES string of the molecule is CCOC(=O)c1ccc(NC(=O)N2CCSC2c2cccc(Cl)c2)cc1. The number of anilines is 1. The van der Waals surface area contributed by atoms with Gasteiger partial charge in [0, 0.05) is 23.0 Å². The highest BCUT2D eigenvalue weighted by Crippen LogP contribution is 2.38. The fourth-order valence-corrected chi connectivity index (χ4v) is 4.16. The van der Waals surface area contributed by atoms with Gasteiger partial charge in [-0.2, -0.15) is 0 Å². The largest absolute Gasteiger partial charge is 0.462 e. The van der Waals surface area contributed by atoms with Gasteiger partial charge in [-0.25, -0.2) is 9.59 Å². The third kappa shape index (κ3) is 4.31. The molecule has 1 heterocycles. The maximum absolute atomic E-state index is 12.7. The van der Waals surface area contributed by atoms with Crippen LogP contribution in [0.15, 0.2) is 48.5 Å². The topological polar surface area (TPSA) is 58.6 Å². The van der Waals surface area contributed by atoms with Crippen LogP contribution in [0.1, 0.15) is 28.2 Å². The van der Waals surface area contributed by atoms with Crippen molar-refractivity contribution in [2.45, 2.75) is 12.3 Å². The van der Waals surface area contributed by atoms with E-state index in [4.69, 9.17) is 16.3 Å². The summed E-state index contributed by atoms with van der Waals surface area (Å²) in [6.07, 6.45) is 0. The third-order valence-electron chi connectivity index (χ3n) is 3.93. The van der Waals surface area contributed by atoms with Crippen LogP contribution in [0.25, 0.3) is 0 Å². The van der Waals surface area contributed by atoms with E-state index in [1.165, 1.54) is 0 Å². The number of amides is 2. The molecule has 2 amide bonds. The van der Waals surface area contributed by atoms with Crippen molar-refractivity contribution >= 4 is 41.1 Å². The lowest BCUT2D eigenvalue weighted by Gasteiger charge is -2.24. The van der Waals surface area contributed by atoms with Crippen molar-refractivity contribution in [1.29, 1.82) is 0 Å². The predicted molar refractivity (Wildman–Crippen MR) is 105 cm³/mol. The Hall–Kier alpha value is -2.18. The van der Waals surface area contributed by atoms with Crippen molar-refractivity contribution in [1.82, 2.24) is 4.90 Å². The van der Waals surface area contributed by atoms with E-state index in [1.54, 1.807) is 47.9 Å². The van der Waals surface area contributed by atoms with E-state index < -0.39 is 0 Å². The predicted octanol–water partition coefficient (Wildman–Crippen LogP) is 4.80. The summed E-state index contributed by atoms with van der Waals surface area (Å²) >= 11 is 7.79. The molecule has 1 unspecified atom stereocenters. The lowest BCUT2D eigenvalue weighted by atomic mass is 10.2. The number of carbonyl (C=O) groups is 2. The number of ether oxygens (including phenoxy) is 1. The third-order valence-corrected chi connectivity index (χ3v) is 5.43. The van der Waals surface area contributed by atoms with Crippen molar-refractivity contribution in [2.24, 2.45) is 0 Å². The number of halogens is 1. The zero-order valence-corrected chi connectivity index (χ0v) is 15.8. The number of hydrogen-bond donors (Lipinski definition) is 1. The first kappa shape index (κ1) is 18.6. The second-order valence-corrected chi connectivity index (χ2v) is 7.32. The average molecular weight is 391 g/mol. The Morgan fingerprint density at radius 3 is 2.73 bits per heavy atom. The molecule has 136 valence electrons. The molecular weight excluding hydrogens is 372 g/mol. The maximum Gasteiger partial charge on any atom is 0.338 e. The number of carbonyl (C=O) groups excluding carboxylic acids is 2. The van der Waals surface area contributed by atoms with Gasteiger partial charge in [0.2, 0.25) is 0 Å². The highest BCUT2D eigenvalue weighted by Gasteiger charge is 2.30. The van der Waals surface area contributed by atoms with Crippen LogP contribution in [-0.4, -0.2) is 35.8 Å². The smallest absolute Gasteiger partial charge is 0.338 e. The molecule has 0 spiro atoms. The van der Waals surface area contributed by atoms with Gasteiger partial charge >= 0.3 is 12.0 Å². The summed E-state index contributed by atoms with van der Waals surface area (Å²) in [7, 11) is 0. The van der Waals surface area contributed by atoms with Crippen LogP contribution in [0.2, 0.25) is 5.02 Å². The van der Waals surface area contributed by atoms with Crippen molar-refractivity contribution < 1.29 is 14.3 Å². The molecule has 0 saturated carbocycles. The van der Waals surface area contributed by atoms with E-state index in [2.05, 4.69) is 5.32 Å². The molecule has 7 heteroatoms. The normalized spacial score (nSPS) is 16.4. The highest BCUT2D eigenvalue weighted by atomic mass is 35.5. The number of urea groups is 1. The standard InChI is InChI=1S/C19H19ClN2O3S/c1-2-25-18(23)13-6-8-16(9-7-13)21-19(24)22-10-11-26-17(22)14-4-3-5-15(20)12-14/h3-9,12,17H,2,10-11H2,1H3,(H,21,24). The summed E-state index contributed by atoms with van der Waals surface area (Å²) < 4.78 is 4.95. The van der Waals surface area contributed by atoms with Gasteiger partial charge in [-0.15, -0.1) is 11.8 Å². The molecule has 0 aliphatic carbocycles. The van der Waals surface area contributed by atoms with Crippen molar-refractivity contribution in [3.05, 3.63) is 64.7 Å². The number of thioether (sulfide) groups is 1. The van der Waals surface area contributed by atoms with Crippen LogP contribution in [-0.2, 0) is 4.74 Å². The van der Waals surface area contributed by atoms with E-state index in [0.29, 0.717) is 29.4 Å². The maximum atomic E-state index is 12.7. The summed E-state index contributed by atoms with van der Waals surface area (Å²) in [6.45, 7) is 2.75. The van der Waals surface area contributed by atoms with Gasteiger partial charge in [0.15, 0.2) is 0 Å². The fourth-order valence-electron chi connectivity index (χ4n) is 2.71. The van der Waals surface area contributed by atoms with E-state index in [1.807, 2.05) is 24.3 Å². The van der Waals surface area contributed by atoms with E-state index in [-0.39, 0.29) is 17.4 Å². The number of nitrogens with one attached hydrogen (secondary N) is 1. The lowest BCUT2D eigenvalue weighted by molar-refractivity contribution is 0.0526. The van der Waals surface area contributed by atoms with Crippen molar-refractivity contribution in [3.63, 3.8) is 0 Å². The number of hydrogen-bond acceptors (Lipinski definition) is 4. The zero-order valence-electron chi connectivity index (χ0n) is 14.3. The minimum Gasteiger partial charge on any atom is -0.462 e.